The highest BCUT2D eigenvalue weighted by Gasteiger charge is 2.26. The number of halogens is 1. The second kappa shape index (κ2) is 10.8. The molecule has 3 aromatic rings. The molecule has 5 rings (SSSR count). The Morgan fingerprint density at radius 2 is 1.78 bits per heavy atom. The summed E-state index contributed by atoms with van der Waals surface area (Å²) in [6.07, 6.45) is 4.50. The lowest BCUT2D eigenvalue weighted by Gasteiger charge is -2.39. The number of alkyl halides is 1. The summed E-state index contributed by atoms with van der Waals surface area (Å²) >= 11 is 0. The van der Waals surface area contributed by atoms with E-state index in [1.54, 1.807) is 6.07 Å². The third-order valence-corrected chi connectivity index (χ3v) is 7.67. The molecule has 3 aromatic carbocycles. The quantitative estimate of drug-likeness (QED) is 0.382. The third kappa shape index (κ3) is 5.15. The SMILES string of the molecule is Cc1ccccc1C1=C(c2ccc(CC3CN(CCCF)C3)cc2)c2ccc(C(=O)O)cc2CCC1. The minimum Gasteiger partial charge on any atom is -0.478 e. The van der Waals surface area contributed by atoms with Crippen LogP contribution >= 0.6 is 0 Å². The van der Waals surface area contributed by atoms with E-state index in [-0.39, 0.29) is 6.67 Å². The number of fused-ring (bicyclic) bond motifs is 1. The molecule has 1 aliphatic carbocycles. The molecular formula is C32H34FNO2. The largest absolute Gasteiger partial charge is 0.478 e. The molecule has 1 fully saturated rings. The maximum atomic E-state index is 12.4. The molecule has 0 saturated carbocycles. The van der Waals surface area contributed by atoms with E-state index < -0.39 is 5.97 Å². The summed E-state index contributed by atoms with van der Waals surface area (Å²) < 4.78 is 12.4. The number of hydrogen-bond acceptors (Lipinski definition) is 2. The van der Waals surface area contributed by atoms with Crippen LogP contribution in [-0.2, 0) is 12.8 Å². The molecule has 3 nitrogen and oxygen atoms in total. The molecule has 0 spiro atoms. The summed E-state index contributed by atoms with van der Waals surface area (Å²) in [5.74, 6) is -0.236. The molecule has 1 N–H and O–H groups in total. The standard InChI is InChI=1S/C32H34FNO2/c1-22-6-2-3-8-28(22)30-9-4-7-26-19-27(32(35)36)14-15-29(26)31(30)25-12-10-23(11-13-25)18-24-20-34(21-24)17-5-16-33/h2-3,6,8,10-15,19,24H,4-5,7,9,16-18,20-21H2,1H3,(H,35,36). The van der Waals surface area contributed by atoms with Gasteiger partial charge in [0.05, 0.1) is 12.2 Å². The summed E-state index contributed by atoms with van der Waals surface area (Å²) in [6, 6.07) is 23.1. The van der Waals surface area contributed by atoms with Crippen molar-refractivity contribution in [3.05, 3.63) is 106 Å². The zero-order valence-electron chi connectivity index (χ0n) is 21.0. The number of likely N-dealkylation sites (tertiary alicyclic amines) is 1. The van der Waals surface area contributed by atoms with Gasteiger partial charge in [-0.15, -0.1) is 0 Å². The molecule has 1 aliphatic heterocycles. The van der Waals surface area contributed by atoms with Gasteiger partial charge in [-0.3, -0.25) is 4.39 Å². The van der Waals surface area contributed by atoms with Crippen molar-refractivity contribution in [2.24, 2.45) is 5.92 Å². The Morgan fingerprint density at radius 1 is 1.00 bits per heavy atom. The van der Waals surface area contributed by atoms with Gasteiger partial charge >= 0.3 is 5.97 Å². The molecule has 1 heterocycles. The number of hydrogen-bond donors (Lipinski definition) is 1. The Morgan fingerprint density at radius 3 is 2.50 bits per heavy atom. The van der Waals surface area contributed by atoms with Crippen molar-refractivity contribution in [2.45, 2.75) is 39.0 Å². The topological polar surface area (TPSA) is 40.5 Å². The van der Waals surface area contributed by atoms with Crippen LogP contribution in [0.5, 0.6) is 0 Å². The first kappa shape index (κ1) is 24.5. The van der Waals surface area contributed by atoms with Crippen molar-refractivity contribution >= 4 is 17.1 Å². The Hall–Kier alpha value is -3.24. The Labute approximate surface area is 213 Å². The minimum absolute atomic E-state index is 0.232. The fraction of sp³-hybridized carbons (Fsp3) is 0.344. The normalized spacial score (nSPS) is 16.4. The minimum atomic E-state index is -0.879. The highest BCUT2D eigenvalue weighted by Crippen LogP contribution is 2.41. The zero-order chi connectivity index (χ0) is 25.1. The molecular weight excluding hydrogens is 449 g/mol. The van der Waals surface area contributed by atoms with Crippen molar-refractivity contribution in [1.82, 2.24) is 4.90 Å². The number of allylic oxidation sites excluding steroid dienone is 1. The number of aryl methyl sites for hydroxylation is 2. The highest BCUT2D eigenvalue weighted by molar-refractivity contribution is 6.01. The maximum absolute atomic E-state index is 12.4. The second-order valence-electron chi connectivity index (χ2n) is 10.3. The van der Waals surface area contributed by atoms with Gasteiger partial charge < -0.3 is 10.0 Å². The molecule has 36 heavy (non-hydrogen) atoms. The van der Waals surface area contributed by atoms with Crippen LogP contribution in [0.1, 0.15) is 63.0 Å². The van der Waals surface area contributed by atoms with E-state index in [4.69, 9.17) is 0 Å². The van der Waals surface area contributed by atoms with E-state index >= 15 is 0 Å². The number of carboxylic acids is 1. The Balaban J connectivity index is 1.49. The van der Waals surface area contributed by atoms with Gasteiger partial charge in [0.1, 0.15) is 0 Å². The smallest absolute Gasteiger partial charge is 0.335 e. The molecule has 0 radical (unpaired) electrons. The summed E-state index contributed by atoms with van der Waals surface area (Å²) in [4.78, 5) is 14.0. The molecule has 0 amide bonds. The van der Waals surface area contributed by atoms with Gasteiger partial charge in [0, 0.05) is 19.6 Å². The van der Waals surface area contributed by atoms with Crippen LogP contribution in [0.25, 0.3) is 11.1 Å². The first-order valence-corrected chi connectivity index (χ1v) is 13.1. The molecule has 0 atom stereocenters. The fourth-order valence-electron chi connectivity index (χ4n) is 5.84. The number of rotatable bonds is 8. The van der Waals surface area contributed by atoms with E-state index in [1.165, 1.54) is 33.4 Å². The monoisotopic (exact) mass is 483 g/mol. The number of carbonyl (C=O) groups is 1. The zero-order valence-corrected chi connectivity index (χ0v) is 21.0. The van der Waals surface area contributed by atoms with E-state index in [0.717, 1.165) is 56.4 Å². The van der Waals surface area contributed by atoms with Gasteiger partial charge in [-0.1, -0.05) is 54.6 Å². The molecule has 0 unspecified atom stereocenters. The molecule has 1 saturated heterocycles. The number of aromatic carboxylic acids is 1. The van der Waals surface area contributed by atoms with Crippen molar-refractivity contribution in [1.29, 1.82) is 0 Å². The number of carboxylic acid groups (broad SMARTS) is 1. The van der Waals surface area contributed by atoms with Crippen LogP contribution in [0.4, 0.5) is 4.39 Å². The predicted octanol–water partition coefficient (Wildman–Crippen LogP) is 6.82. The lowest BCUT2D eigenvalue weighted by atomic mass is 9.85. The van der Waals surface area contributed by atoms with E-state index in [9.17, 15) is 14.3 Å². The fourth-order valence-corrected chi connectivity index (χ4v) is 5.84. The van der Waals surface area contributed by atoms with E-state index in [1.807, 2.05) is 12.1 Å². The van der Waals surface area contributed by atoms with Crippen molar-refractivity contribution < 1.29 is 14.3 Å². The van der Waals surface area contributed by atoms with Crippen LogP contribution in [0.15, 0.2) is 66.7 Å². The van der Waals surface area contributed by atoms with Crippen molar-refractivity contribution in [3.63, 3.8) is 0 Å². The molecule has 0 aromatic heterocycles. The van der Waals surface area contributed by atoms with Crippen LogP contribution in [0.3, 0.4) is 0 Å². The van der Waals surface area contributed by atoms with Crippen LogP contribution in [-0.4, -0.2) is 42.3 Å². The first-order valence-electron chi connectivity index (χ1n) is 13.1. The summed E-state index contributed by atoms with van der Waals surface area (Å²) in [7, 11) is 0. The van der Waals surface area contributed by atoms with E-state index in [2.05, 4.69) is 60.4 Å². The lowest BCUT2D eigenvalue weighted by Crippen LogP contribution is -2.47. The van der Waals surface area contributed by atoms with Gasteiger partial charge in [-0.2, -0.15) is 0 Å². The average molecular weight is 484 g/mol. The number of benzene rings is 3. The van der Waals surface area contributed by atoms with Crippen LogP contribution in [0.2, 0.25) is 0 Å². The maximum Gasteiger partial charge on any atom is 0.335 e. The van der Waals surface area contributed by atoms with Gasteiger partial charge in [0.25, 0.3) is 0 Å². The summed E-state index contributed by atoms with van der Waals surface area (Å²) in [5.41, 5.74) is 10.2. The average Bonchev–Trinajstić information content (AvgIpc) is 3.05. The van der Waals surface area contributed by atoms with Gasteiger partial charge in [0.2, 0.25) is 0 Å². The van der Waals surface area contributed by atoms with Crippen molar-refractivity contribution in [3.8, 4) is 0 Å². The molecule has 2 aliphatic rings. The second-order valence-corrected chi connectivity index (χ2v) is 10.3. The van der Waals surface area contributed by atoms with Gasteiger partial charge in [-0.25, -0.2) is 4.79 Å². The van der Waals surface area contributed by atoms with E-state index in [0.29, 0.717) is 17.9 Å². The summed E-state index contributed by atoms with van der Waals surface area (Å²) in [5, 5.41) is 9.56. The lowest BCUT2D eigenvalue weighted by molar-refractivity contribution is 0.0696. The van der Waals surface area contributed by atoms with Crippen LogP contribution < -0.4 is 0 Å². The van der Waals surface area contributed by atoms with Gasteiger partial charge in [-0.05, 0) is 102 Å². The Bertz CT molecular complexity index is 1270. The number of nitrogens with zero attached hydrogens (tertiary/aromatic N) is 1. The first-order chi connectivity index (χ1) is 17.5. The molecule has 0 bridgehead atoms. The molecule has 186 valence electrons. The summed E-state index contributed by atoms with van der Waals surface area (Å²) in [6.45, 7) is 4.92. The predicted molar refractivity (Wildman–Crippen MR) is 144 cm³/mol. The molecule has 4 heteroatoms. The van der Waals surface area contributed by atoms with Gasteiger partial charge in [0.15, 0.2) is 0 Å². The third-order valence-electron chi connectivity index (χ3n) is 7.67. The van der Waals surface area contributed by atoms with Crippen LogP contribution in [0, 0.1) is 12.8 Å². The Kier molecular flexibility index (Phi) is 7.33. The van der Waals surface area contributed by atoms with Crippen molar-refractivity contribution in [2.75, 3.05) is 26.3 Å². The highest BCUT2D eigenvalue weighted by atomic mass is 19.1.